The first-order valence-corrected chi connectivity index (χ1v) is 8.01. The van der Waals surface area contributed by atoms with Gasteiger partial charge in [-0.05, 0) is 42.5 Å². The molecule has 2 aromatic rings. The van der Waals surface area contributed by atoms with E-state index in [1.165, 1.54) is 12.1 Å². The molecular formula is C17H16FN3S. The van der Waals surface area contributed by atoms with E-state index in [-0.39, 0.29) is 5.82 Å². The van der Waals surface area contributed by atoms with Crippen molar-refractivity contribution in [2.75, 3.05) is 31.1 Å². The Kier molecular flexibility index (Phi) is 4.62. The Labute approximate surface area is 133 Å². The number of rotatable bonds is 3. The summed E-state index contributed by atoms with van der Waals surface area (Å²) < 4.78 is 13.0. The molecule has 0 amide bonds. The van der Waals surface area contributed by atoms with Crippen LogP contribution in [0.3, 0.4) is 0 Å². The number of benzene rings is 2. The summed E-state index contributed by atoms with van der Waals surface area (Å²) in [5, 5.41) is 12.5. The monoisotopic (exact) mass is 313 g/mol. The van der Waals surface area contributed by atoms with Crippen LogP contribution in [-0.2, 0) is 0 Å². The molecule has 5 heteroatoms. The van der Waals surface area contributed by atoms with Crippen molar-refractivity contribution in [3.8, 4) is 6.07 Å². The van der Waals surface area contributed by atoms with Gasteiger partial charge >= 0.3 is 0 Å². The van der Waals surface area contributed by atoms with Gasteiger partial charge in [-0.15, -0.1) is 0 Å². The summed E-state index contributed by atoms with van der Waals surface area (Å²) in [6, 6.07) is 14.4. The van der Waals surface area contributed by atoms with Crippen LogP contribution in [0.2, 0.25) is 0 Å². The number of hydrogen-bond acceptors (Lipinski definition) is 4. The van der Waals surface area contributed by atoms with Crippen LogP contribution in [0, 0.1) is 17.1 Å². The maximum Gasteiger partial charge on any atom is 0.123 e. The van der Waals surface area contributed by atoms with Crippen LogP contribution in [-0.4, -0.2) is 26.2 Å². The van der Waals surface area contributed by atoms with Gasteiger partial charge in [0.15, 0.2) is 0 Å². The smallest absolute Gasteiger partial charge is 0.123 e. The topological polar surface area (TPSA) is 39.1 Å². The fourth-order valence-corrected chi connectivity index (χ4v) is 3.48. The SMILES string of the molecule is N#Cc1ccc(N2CCNCC2)c(Sc2ccc(F)cc2)c1. The molecule has 1 aliphatic rings. The maximum absolute atomic E-state index is 13.0. The van der Waals surface area contributed by atoms with E-state index in [2.05, 4.69) is 16.3 Å². The highest BCUT2D eigenvalue weighted by Crippen LogP contribution is 2.36. The van der Waals surface area contributed by atoms with E-state index in [9.17, 15) is 4.39 Å². The Morgan fingerprint density at radius 1 is 1.09 bits per heavy atom. The molecule has 0 bridgehead atoms. The molecule has 2 aromatic carbocycles. The molecule has 0 radical (unpaired) electrons. The number of piperazine rings is 1. The second kappa shape index (κ2) is 6.82. The number of nitriles is 1. The lowest BCUT2D eigenvalue weighted by molar-refractivity contribution is 0.587. The zero-order valence-corrected chi connectivity index (χ0v) is 12.9. The fraction of sp³-hybridized carbons (Fsp3) is 0.235. The molecule has 1 fully saturated rings. The average Bonchev–Trinajstić information content (AvgIpc) is 2.57. The van der Waals surface area contributed by atoms with E-state index in [4.69, 9.17) is 5.26 Å². The minimum Gasteiger partial charge on any atom is -0.368 e. The molecule has 22 heavy (non-hydrogen) atoms. The Morgan fingerprint density at radius 2 is 1.82 bits per heavy atom. The summed E-state index contributed by atoms with van der Waals surface area (Å²) in [4.78, 5) is 4.32. The largest absolute Gasteiger partial charge is 0.368 e. The van der Waals surface area contributed by atoms with E-state index in [1.54, 1.807) is 23.9 Å². The molecule has 112 valence electrons. The summed E-state index contributed by atoms with van der Waals surface area (Å²) in [6.45, 7) is 3.81. The molecule has 0 aromatic heterocycles. The highest BCUT2D eigenvalue weighted by atomic mass is 32.2. The minimum absolute atomic E-state index is 0.238. The van der Waals surface area contributed by atoms with E-state index >= 15 is 0 Å². The second-order valence-corrected chi connectivity index (χ2v) is 6.20. The van der Waals surface area contributed by atoms with E-state index in [0.717, 1.165) is 41.7 Å². The Hall–Kier alpha value is -2.03. The van der Waals surface area contributed by atoms with Crippen molar-refractivity contribution in [2.24, 2.45) is 0 Å². The molecule has 0 saturated carbocycles. The summed E-state index contributed by atoms with van der Waals surface area (Å²) >= 11 is 1.57. The zero-order valence-electron chi connectivity index (χ0n) is 12.1. The molecule has 0 atom stereocenters. The van der Waals surface area contributed by atoms with E-state index in [1.807, 2.05) is 18.2 Å². The first-order chi connectivity index (χ1) is 10.8. The van der Waals surface area contributed by atoms with Gasteiger partial charge < -0.3 is 10.2 Å². The molecule has 1 heterocycles. The third kappa shape index (κ3) is 3.41. The van der Waals surface area contributed by atoms with Gasteiger partial charge in [-0.1, -0.05) is 11.8 Å². The Balaban J connectivity index is 1.92. The second-order valence-electron chi connectivity index (χ2n) is 5.09. The molecule has 0 unspecified atom stereocenters. The summed E-state index contributed by atoms with van der Waals surface area (Å²) in [6.07, 6.45) is 0. The van der Waals surface area contributed by atoms with Gasteiger partial charge in [0.1, 0.15) is 5.82 Å². The molecule has 1 saturated heterocycles. The van der Waals surface area contributed by atoms with Crippen molar-refractivity contribution in [1.82, 2.24) is 5.32 Å². The lowest BCUT2D eigenvalue weighted by Gasteiger charge is -2.31. The highest BCUT2D eigenvalue weighted by molar-refractivity contribution is 7.99. The highest BCUT2D eigenvalue weighted by Gasteiger charge is 2.15. The molecule has 1 aliphatic heterocycles. The first-order valence-electron chi connectivity index (χ1n) is 7.19. The van der Waals surface area contributed by atoms with Crippen molar-refractivity contribution < 1.29 is 4.39 Å². The number of anilines is 1. The van der Waals surface area contributed by atoms with Crippen molar-refractivity contribution in [1.29, 1.82) is 5.26 Å². The number of nitrogens with one attached hydrogen (secondary N) is 1. The van der Waals surface area contributed by atoms with Crippen LogP contribution in [0.15, 0.2) is 52.3 Å². The van der Waals surface area contributed by atoms with Gasteiger partial charge in [-0.2, -0.15) is 5.26 Å². The summed E-state index contributed by atoms with van der Waals surface area (Å²) in [7, 11) is 0. The average molecular weight is 313 g/mol. The third-order valence-electron chi connectivity index (χ3n) is 3.59. The molecule has 0 spiro atoms. The Morgan fingerprint density at radius 3 is 2.50 bits per heavy atom. The molecule has 1 N–H and O–H groups in total. The Bertz CT molecular complexity index is 688. The third-order valence-corrected chi connectivity index (χ3v) is 4.64. The predicted molar refractivity (Wildman–Crippen MR) is 86.8 cm³/mol. The molecular weight excluding hydrogens is 297 g/mol. The van der Waals surface area contributed by atoms with E-state index < -0.39 is 0 Å². The van der Waals surface area contributed by atoms with Gasteiger partial charge in [0, 0.05) is 36.0 Å². The van der Waals surface area contributed by atoms with Crippen LogP contribution in [0.1, 0.15) is 5.56 Å². The van der Waals surface area contributed by atoms with Gasteiger partial charge in [0.05, 0.1) is 17.3 Å². The molecule has 3 rings (SSSR count). The fourth-order valence-electron chi connectivity index (χ4n) is 2.46. The standard InChI is InChI=1S/C17H16FN3S/c18-14-2-4-15(5-3-14)22-17-11-13(12-19)1-6-16(17)21-9-7-20-8-10-21/h1-6,11,20H,7-10H2. The van der Waals surface area contributed by atoms with Gasteiger partial charge in [0.2, 0.25) is 0 Å². The minimum atomic E-state index is -0.238. The van der Waals surface area contributed by atoms with Gasteiger partial charge in [-0.25, -0.2) is 4.39 Å². The van der Waals surface area contributed by atoms with Crippen molar-refractivity contribution >= 4 is 17.4 Å². The van der Waals surface area contributed by atoms with Crippen molar-refractivity contribution in [2.45, 2.75) is 9.79 Å². The lowest BCUT2D eigenvalue weighted by atomic mass is 10.2. The quantitative estimate of drug-likeness (QED) is 0.944. The van der Waals surface area contributed by atoms with Crippen molar-refractivity contribution in [3.05, 3.63) is 53.8 Å². The lowest BCUT2D eigenvalue weighted by Crippen LogP contribution is -2.43. The van der Waals surface area contributed by atoms with Gasteiger partial charge in [0.25, 0.3) is 0 Å². The van der Waals surface area contributed by atoms with E-state index in [0.29, 0.717) is 5.56 Å². The van der Waals surface area contributed by atoms with Crippen LogP contribution < -0.4 is 10.2 Å². The van der Waals surface area contributed by atoms with Crippen LogP contribution >= 0.6 is 11.8 Å². The first kappa shape index (κ1) is 14.9. The summed E-state index contributed by atoms with van der Waals surface area (Å²) in [5.74, 6) is -0.238. The molecule has 3 nitrogen and oxygen atoms in total. The molecule has 0 aliphatic carbocycles. The number of nitrogens with zero attached hydrogens (tertiary/aromatic N) is 2. The van der Waals surface area contributed by atoms with Crippen molar-refractivity contribution in [3.63, 3.8) is 0 Å². The van der Waals surface area contributed by atoms with Crippen LogP contribution in [0.25, 0.3) is 0 Å². The summed E-state index contributed by atoms with van der Waals surface area (Å²) in [5.41, 5.74) is 1.78. The number of hydrogen-bond donors (Lipinski definition) is 1. The maximum atomic E-state index is 13.0. The van der Waals surface area contributed by atoms with Crippen LogP contribution in [0.5, 0.6) is 0 Å². The van der Waals surface area contributed by atoms with Crippen LogP contribution in [0.4, 0.5) is 10.1 Å². The zero-order chi connectivity index (χ0) is 15.4. The van der Waals surface area contributed by atoms with Gasteiger partial charge in [-0.3, -0.25) is 0 Å². The normalized spacial score (nSPS) is 14.6. The predicted octanol–water partition coefficient (Wildman–Crippen LogP) is 3.26. The number of halogens is 1.